The quantitative estimate of drug-likeness (QED) is 0.510. The van der Waals surface area contributed by atoms with Gasteiger partial charge in [0.25, 0.3) is 5.91 Å². The molecule has 5 rings (SSSR count). The van der Waals surface area contributed by atoms with Gasteiger partial charge in [0.15, 0.2) is 0 Å². The standard InChI is InChI=1S/C23H18ClFN6O/c1-26-23(32)16-3-2-13(8-17(16)25)21-22(28-7-6-27-21)14-11-31(12-14)20-5-4-18-19(30-20)9-15(24)10-29-18/h2-10,14H,11-12H2,1H3,(H,26,32). The van der Waals surface area contributed by atoms with Gasteiger partial charge in [-0.15, -0.1) is 0 Å². The van der Waals surface area contributed by atoms with Crippen molar-refractivity contribution in [2.45, 2.75) is 5.92 Å². The van der Waals surface area contributed by atoms with Crippen LogP contribution in [0, 0.1) is 5.82 Å². The zero-order chi connectivity index (χ0) is 22.2. The lowest BCUT2D eigenvalue weighted by molar-refractivity contribution is 0.0959. The first-order valence-corrected chi connectivity index (χ1v) is 10.4. The number of hydrogen-bond acceptors (Lipinski definition) is 6. The Morgan fingerprint density at radius 2 is 1.91 bits per heavy atom. The van der Waals surface area contributed by atoms with Crippen LogP contribution in [0.5, 0.6) is 0 Å². The van der Waals surface area contributed by atoms with Crippen LogP contribution < -0.4 is 10.2 Å². The van der Waals surface area contributed by atoms with Gasteiger partial charge < -0.3 is 10.2 Å². The lowest BCUT2D eigenvalue weighted by Crippen LogP contribution is -2.46. The number of benzene rings is 1. The molecule has 7 nitrogen and oxygen atoms in total. The van der Waals surface area contributed by atoms with E-state index in [-0.39, 0.29) is 11.5 Å². The predicted molar refractivity (Wildman–Crippen MR) is 120 cm³/mol. The molecule has 0 saturated carbocycles. The van der Waals surface area contributed by atoms with Crippen LogP contribution in [0.3, 0.4) is 0 Å². The average molecular weight is 449 g/mol. The van der Waals surface area contributed by atoms with E-state index in [0.717, 1.165) is 22.5 Å². The van der Waals surface area contributed by atoms with Crippen LogP contribution in [0.4, 0.5) is 10.2 Å². The molecule has 1 aliphatic heterocycles. The minimum absolute atomic E-state index is 0.00604. The fourth-order valence-corrected chi connectivity index (χ4v) is 3.99. The molecule has 0 aliphatic carbocycles. The monoisotopic (exact) mass is 448 g/mol. The van der Waals surface area contributed by atoms with E-state index in [1.54, 1.807) is 30.7 Å². The first-order valence-electron chi connectivity index (χ1n) is 10.0. The Balaban J connectivity index is 1.39. The highest BCUT2D eigenvalue weighted by Gasteiger charge is 2.32. The highest BCUT2D eigenvalue weighted by atomic mass is 35.5. The van der Waals surface area contributed by atoms with E-state index >= 15 is 0 Å². The highest BCUT2D eigenvalue weighted by Crippen LogP contribution is 2.35. The summed E-state index contributed by atoms with van der Waals surface area (Å²) in [6.45, 7) is 1.41. The Kier molecular flexibility index (Phi) is 5.14. The maximum atomic E-state index is 14.5. The fraction of sp³-hybridized carbons (Fsp3) is 0.174. The van der Waals surface area contributed by atoms with Crippen molar-refractivity contribution in [2.24, 2.45) is 0 Å². The molecule has 0 spiro atoms. The van der Waals surface area contributed by atoms with Crippen LogP contribution in [-0.2, 0) is 0 Å². The summed E-state index contributed by atoms with van der Waals surface area (Å²) < 4.78 is 14.5. The minimum Gasteiger partial charge on any atom is -0.355 e. The van der Waals surface area contributed by atoms with Gasteiger partial charge in [-0.05, 0) is 30.3 Å². The zero-order valence-corrected chi connectivity index (χ0v) is 17.8. The second-order valence-electron chi connectivity index (χ2n) is 7.53. The Morgan fingerprint density at radius 1 is 1.09 bits per heavy atom. The van der Waals surface area contributed by atoms with E-state index in [1.165, 1.54) is 19.2 Å². The molecule has 1 aromatic carbocycles. The first kappa shape index (κ1) is 20.3. The van der Waals surface area contributed by atoms with Crippen molar-refractivity contribution >= 4 is 34.4 Å². The van der Waals surface area contributed by atoms with Crippen molar-refractivity contribution in [2.75, 3.05) is 25.0 Å². The van der Waals surface area contributed by atoms with Gasteiger partial charge in [-0.25, -0.2) is 9.37 Å². The molecule has 0 atom stereocenters. The van der Waals surface area contributed by atoms with E-state index in [4.69, 9.17) is 11.6 Å². The summed E-state index contributed by atoms with van der Waals surface area (Å²) in [4.78, 5) is 31.8. The number of aromatic nitrogens is 4. The van der Waals surface area contributed by atoms with Crippen molar-refractivity contribution in [3.8, 4) is 11.3 Å². The van der Waals surface area contributed by atoms with Gasteiger partial charge in [-0.2, -0.15) is 0 Å². The maximum absolute atomic E-state index is 14.5. The predicted octanol–water partition coefficient (Wildman–Crippen LogP) is 3.84. The zero-order valence-electron chi connectivity index (χ0n) is 17.1. The van der Waals surface area contributed by atoms with Crippen molar-refractivity contribution < 1.29 is 9.18 Å². The first-order chi connectivity index (χ1) is 15.5. The number of hydrogen-bond donors (Lipinski definition) is 1. The lowest BCUT2D eigenvalue weighted by Gasteiger charge is -2.40. The van der Waals surface area contributed by atoms with Gasteiger partial charge in [-0.3, -0.25) is 19.7 Å². The summed E-state index contributed by atoms with van der Waals surface area (Å²) in [7, 11) is 1.47. The molecule has 4 heterocycles. The molecule has 0 unspecified atom stereocenters. The largest absolute Gasteiger partial charge is 0.355 e. The fourth-order valence-electron chi connectivity index (χ4n) is 3.84. The van der Waals surface area contributed by atoms with E-state index < -0.39 is 11.7 Å². The van der Waals surface area contributed by atoms with Crippen LogP contribution in [0.15, 0.2) is 55.0 Å². The summed E-state index contributed by atoms with van der Waals surface area (Å²) >= 11 is 6.04. The Labute approximate surface area is 188 Å². The van der Waals surface area contributed by atoms with Gasteiger partial charge in [-0.1, -0.05) is 17.7 Å². The Bertz CT molecular complexity index is 1340. The van der Waals surface area contributed by atoms with Gasteiger partial charge in [0.1, 0.15) is 11.6 Å². The normalized spacial score (nSPS) is 13.8. The molecule has 0 bridgehead atoms. The Morgan fingerprint density at radius 3 is 2.69 bits per heavy atom. The summed E-state index contributed by atoms with van der Waals surface area (Å²) in [5.41, 5.74) is 3.51. The number of carbonyl (C=O) groups is 1. The molecule has 4 aromatic rings. The van der Waals surface area contributed by atoms with E-state index in [1.807, 2.05) is 12.1 Å². The van der Waals surface area contributed by atoms with E-state index in [0.29, 0.717) is 29.4 Å². The average Bonchev–Trinajstić information content (AvgIpc) is 2.77. The lowest BCUT2D eigenvalue weighted by atomic mass is 9.92. The van der Waals surface area contributed by atoms with Gasteiger partial charge >= 0.3 is 0 Å². The number of nitrogens with zero attached hydrogens (tertiary/aromatic N) is 5. The maximum Gasteiger partial charge on any atom is 0.253 e. The molecule has 160 valence electrons. The molecule has 0 radical (unpaired) electrons. The summed E-state index contributed by atoms with van der Waals surface area (Å²) in [6, 6.07) is 10.1. The van der Waals surface area contributed by atoms with Gasteiger partial charge in [0, 0.05) is 50.2 Å². The van der Waals surface area contributed by atoms with Crippen LogP contribution in [0.1, 0.15) is 22.0 Å². The third-order valence-electron chi connectivity index (χ3n) is 5.52. The minimum atomic E-state index is -0.596. The highest BCUT2D eigenvalue weighted by molar-refractivity contribution is 6.31. The van der Waals surface area contributed by atoms with E-state index in [2.05, 4.69) is 30.2 Å². The van der Waals surface area contributed by atoms with Gasteiger partial charge in [0.05, 0.1) is 33.0 Å². The van der Waals surface area contributed by atoms with Crippen LogP contribution >= 0.6 is 11.6 Å². The molecule has 9 heteroatoms. The number of pyridine rings is 2. The number of carbonyl (C=O) groups excluding carboxylic acids is 1. The molecular weight excluding hydrogens is 431 g/mol. The molecule has 1 aliphatic rings. The Hall–Kier alpha value is -3.65. The summed E-state index contributed by atoms with van der Waals surface area (Å²) in [5.74, 6) is -0.108. The van der Waals surface area contributed by atoms with Crippen molar-refractivity contribution in [3.05, 3.63) is 77.1 Å². The molecule has 1 amide bonds. The van der Waals surface area contributed by atoms with Crippen LogP contribution in [0.25, 0.3) is 22.3 Å². The molecule has 1 saturated heterocycles. The van der Waals surface area contributed by atoms with Crippen molar-refractivity contribution in [1.82, 2.24) is 25.3 Å². The smallest absolute Gasteiger partial charge is 0.253 e. The second-order valence-corrected chi connectivity index (χ2v) is 7.96. The number of rotatable bonds is 4. The van der Waals surface area contributed by atoms with Crippen molar-refractivity contribution in [3.63, 3.8) is 0 Å². The molecule has 1 N–H and O–H groups in total. The number of fused-ring (bicyclic) bond motifs is 1. The number of nitrogens with one attached hydrogen (secondary N) is 1. The third-order valence-corrected chi connectivity index (χ3v) is 5.73. The number of anilines is 1. The second kappa shape index (κ2) is 8.12. The molecule has 1 fully saturated rings. The number of halogens is 2. The SMILES string of the molecule is CNC(=O)c1ccc(-c2nccnc2C2CN(c3ccc4ncc(Cl)cc4n3)C2)cc1F. The van der Waals surface area contributed by atoms with Crippen LogP contribution in [-0.4, -0.2) is 46.0 Å². The topological polar surface area (TPSA) is 83.9 Å². The summed E-state index contributed by atoms with van der Waals surface area (Å²) in [5, 5.41) is 2.98. The summed E-state index contributed by atoms with van der Waals surface area (Å²) in [6.07, 6.45) is 4.82. The molecular formula is C23H18ClFN6O. The van der Waals surface area contributed by atoms with Gasteiger partial charge in [0.2, 0.25) is 0 Å². The van der Waals surface area contributed by atoms with E-state index in [9.17, 15) is 9.18 Å². The third kappa shape index (κ3) is 3.62. The van der Waals surface area contributed by atoms with Crippen molar-refractivity contribution in [1.29, 1.82) is 0 Å². The van der Waals surface area contributed by atoms with Crippen LogP contribution in [0.2, 0.25) is 5.02 Å². The number of amides is 1. The molecule has 32 heavy (non-hydrogen) atoms. The molecule has 3 aromatic heterocycles.